The van der Waals surface area contributed by atoms with Gasteiger partial charge in [-0.1, -0.05) is 38.1 Å². The Bertz CT molecular complexity index is 631. The highest BCUT2D eigenvalue weighted by Gasteiger charge is 2.19. The largest absolute Gasteiger partial charge is 0.380 e. The number of nitrogens with zero attached hydrogens (tertiary/aromatic N) is 2. The summed E-state index contributed by atoms with van der Waals surface area (Å²) in [5.74, 6) is 1.74. The quantitative estimate of drug-likeness (QED) is 0.347. The zero-order valence-electron chi connectivity index (χ0n) is 17.7. The van der Waals surface area contributed by atoms with Gasteiger partial charge in [0.15, 0.2) is 5.96 Å². The fourth-order valence-corrected chi connectivity index (χ4v) is 3.09. The first-order valence-corrected chi connectivity index (χ1v) is 10.5. The van der Waals surface area contributed by atoms with Gasteiger partial charge in [0, 0.05) is 39.2 Å². The second-order valence-corrected chi connectivity index (χ2v) is 7.66. The number of hydrogen-bond acceptors (Lipinski definition) is 3. The maximum Gasteiger partial charge on any atom is 0.222 e. The van der Waals surface area contributed by atoms with Crippen molar-refractivity contribution in [3.63, 3.8) is 0 Å². The van der Waals surface area contributed by atoms with E-state index < -0.39 is 0 Å². The molecular formula is C22H36N4O2. The van der Waals surface area contributed by atoms with E-state index in [0.29, 0.717) is 32.0 Å². The molecule has 28 heavy (non-hydrogen) atoms. The van der Waals surface area contributed by atoms with E-state index in [9.17, 15) is 4.79 Å². The summed E-state index contributed by atoms with van der Waals surface area (Å²) in [4.78, 5) is 18.4. The van der Waals surface area contributed by atoms with Crippen molar-refractivity contribution in [2.45, 2.75) is 53.1 Å². The first kappa shape index (κ1) is 22.2. The molecule has 0 saturated carbocycles. The zero-order chi connectivity index (χ0) is 20.2. The molecule has 1 fully saturated rings. The SMILES string of the molecule is CCNC(=NCc1cccc(CN2CCCC2=O)c1)NCCOCCC(C)C. The molecule has 1 aliphatic heterocycles. The number of ether oxygens (including phenoxy) is 1. The molecule has 1 aromatic rings. The molecule has 1 saturated heterocycles. The fraction of sp³-hybridized carbons (Fsp3) is 0.636. The zero-order valence-corrected chi connectivity index (χ0v) is 17.7. The number of amides is 1. The maximum atomic E-state index is 11.8. The second-order valence-electron chi connectivity index (χ2n) is 7.66. The monoisotopic (exact) mass is 388 g/mol. The molecule has 6 nitrogen and oxygen atoms in total. The maximum absolute atomic E-state index is 11.8. The van der Waals surface area contributed by atoms with E-state index in [4.69, 9.17) is 4.74 Å². The van der Waals surface area contributed by atoms with Crippen LogP contribution < -0.4 is 10.6 Å². The van der Waals surface area contributed by atoms with E-state index in [2.05, 4.69) is 54.6 Å². The van der Waals surface area contributed by atoms with E-state index >= 15 is 0 Å². The first-order chi connectivity index (χ1) is 13.6. The third-order valence-electron chi connectivity index (χ3n) is 4.68. The van der Waals surface area contributed by atoms with Gasteiger partial charge in [0.05, 0.1) is 13.2 Å². The molecule has 0 bridgehead atoms. The van der Waals surface area contributed by atoms with Crippen LogP contribution in [0.4, 0.5) is 0 Å². The lowest BCUT2D eigenvalue weighted by Crippen LogP contribution is -2.39. The van der Waals surface area contributed by atoms with Crippen LogP contribution in [-0.2, 0) is 22.6 Å². The molecule has 1 aliphatic rings. The van der Waals surface area contributed by atoms with Crippen LogP contribution in [0.25, 0.3) is 0 Å². The van der Waals surface area contributed by atoms with Crippen LogP contribution in [0.2, 0.25) is 0 Å². The normalized spacial score (nSPS) is 14.8. The predicted molar refractivity (Wildman–Crippen MR) is 114 cm³/mol. The highest BCUT2D eigenvalue weighted by molar-refractivity contribution is 5.79. The van der Waals surface area contributed by atoms with Gasteiger partial charge in [-0.2, -0.15) is 0 Å². The molecule has 1 aromatic carbocycles. The highest BCUT2D eigenvalue weighted by Crippen LogP contribution is 2.15. The van der Waals surface area contributed by atoms with Crippen LogP contribution in [0.5, 0.6) is 0 Å². The third-order valence-corrected chi connectivity index (χ3v) is 4.68. The van der Waals surface area contributed by atoms with Gasteiger partial charge >= 0.3 is 0 Å². The Morgan fingerprint density at radius 3 is 2.79 bits per heavy atom. The number of rotatable bonds is 11. The Balaban J connectivity index is 1.80. The molecule has 156 valence electrons. The lowest BCUT2D eigenvalue weighted by atomic mass is 10.1. The van der Waals surface area contributed by atoms with Crippen LogP contribution in [0.1, 0.15) is 51.2 Å². The summed E-state index contributed by atoms with van der Waals surface area (Å²) < 4.78 is 5.65. The Labute approximate surface area is 169 Å². The number of aliphatic imine (C=N–C) groups is 1. The molecule has 1 heterocycles. The first-order valence-electron chi connectivity index (χ1n) is 10.5. The van der Waals surface area contributed by atoms with Crippen LogP contribution in [0.15, 0.2) is 29.3 Å². The van der Waals surface area contributed by atoms with Gasteiger partial charge in [0.25, 0.3) is 0 Å². The molecule has 0 aromatic heterocycles. The number of nitrogens with one attached hydrogen (secondary N) is 2. The second kappa shape index (κ2) is 12.4. The average molecular weight is 389 g/mol. The summed E-state index contributed by atoms with van der Waals surface area (Å²) in [6, 6.07) is 8.35. The lowest BCUT2D eigenvalue weighted by molar-refractivity contribution is -0.128. The number of guanidine groups is 1. The van der Waals surface area contributed by atoms with Crippen molar-refractivity contribution in [1.82, 2.24) is 15.5 Å². The van der Waals surface area contributed by atoms with Gasteiger partial charge in [-0.25, -0.2) is 4.99 Å². The number of benzene rings is 1. The van der Waals surface area contributed by atoms with Gasteiger partial charge in [0.1, 0.15) is 0 Å². The molecular weight excluding hydrogens is 352 g/mol. The third kappa shape index (κ3) is 8.30. The van der Waals surface area contributed by atoms with Crippen molar-refractivity contribution in [3.8, 4) is 0 Å². The summed E-state index contributed by atoms with van der Waals surface area (Å²) in [6.07, 6.45) is 2.75. The van der Waals surface area contributed by atoms with E-state index in [1.54, 1.807) is 0 Å². The van der Waals surface area contributed by atoms with Crippen molar-refractivity contribution < 1.29 is 9.53 Å². The van der Waals surface area contributed by atoms with E-state index in [-0.39, 0.29) is 5.91 Å². The molecule has 0 unspecified atom stereocenters. The summed E-state index contributed by atoms with van der Waals surface area (Å²) in [6.45, 7) is 11.7. The fourth-order valence-electron chi connectivity index (χ4n) is 3.09. The molecule has 2 rings (SSSR count). The molecule has 1 amide bonds. The molecule has 0 atom stereocenters. The van der Waals surface area contributed by atoms with Crippen molar-refractivity contribution in [2.24, 2.45) is 10.9 Å². The molecule has 2 N–H and O–H groups in total. The van der Waals surface area contributed by atoms with E-state index in [1.807, 2.05) is 11.0 Å². The minimum atomic E-state index is 0.262. The van der Waals surface area contributed by atoms with Crippen molar-refractivity contribution >= 4 is 11.9 Å². The summed E-state index contributed by atoms with van der Waals surface area (Å²) in [5, 5.41) is 6.59. The van der Waals surface area contributed by atoms with E-state index in [0.717, 1.165) is 50.6 Å². The van der Waals surface area contributed by atoms with Crippen LogP contribution in [0, 0.1) is 5.92 Å². The molecule has 0 radical (unpaired) electrons. The minimum Gasteiger partial charge on any atom is -0.380 e. The summed E-state index contributed by atoms with van der Waals surface area (Å²) in [5.41, 5.74) is 2.31. The van der Waals surface area contributed by atoms with Crippen molar-refractivity contribution in [3.05, 3.63) is 35.4 Å². The number of carbonyl (C=O) groups is 1. The van der Waals surface area contributed by atoms with Gasteiger partial charge in [-0.3, -0.25) is 4.79 Å². The van der Waals surface area contributed by atoms with Crippen LogP contribution >= 0.6 is 0 Å². The van der Waals surface area contributed by atoms with E-state index in [1.165, 1.54) is 5.56 Å². The van der Waals surface area contributed by atoms with Gasteiger partial charge in [-0.05, 0) is 36.8 Å². The smallest absolute Gasteiger partial charge is 0.222 e. The Morgan fingerprint density at radius 1 is 1.25 bits per heavy atom. The number of likely N-dealkylation sites (tertiary alicyclic amines) is 1. The van der Waals surface area contributed by atoms with Crippen molar-refractivity contribution in [2.75, 3.05) is 32.8 Å². The Kier molecular flexibility index (Phi) is 9.83. The standard InChI is InChI=1S/C22H36N4O2/c1-4-23-22(24-11-14-28-13-10-18(2)3)25-16-19-7-5-8-20(15-19)17-26-12-6-9-21(26)27/h5,7-8,15,18H,4,6,9-14,16-17H2,1-3H3,(H2,23,24,25). The Morgan fingerprint density at radius 2 is 2.07 bits per heavy atom. The predicted octanol–water partition coefficient (Wildman–Crippen LogP) is 2.93. The Hall–Kier alpha value is -2.08. The van der Waals surface area contributed by atoms with Gasteiger partial charge in [0.2, 0.25) is 5.91 Å². The number of hydrogen-bond donors (Lipinski definition) is 2. The topological polar surface area (TPSA) is 66.0 Å². The number of carbonyl (C=O) groups excluding carboxylic acids is 1. The van der Waals surface area contributed by atoms with Gasteiger partial charge < -0.3 is 20.3 Å². The minimum absolute atomic E-state index is 0.262. The van der Waals surface area contributed by atoms with Gasteiger partial charge in [-0.15, -0.1) is 0 Å². The average Bonchev–Trinajstić information content (AvgIpc) is 3.07. The van der Waals surface area contributed by atoms with Crippen molar-refractivity contribution in [1.29, 1.82) is 0 Å². The molecule has 6 heteroatoms. The molecule has 0 spiro atoms. The van der Waals surface area contributed by atoms with Crippen LogP contribution in [0.3, 0.4) is 0 Å². The highest BCUT2D eigenvalue weighted by atomic mass is 16.5. The molecule has 0 aliphatic carbocycles. The van der Waals surface area contributed by atoms with Crippen LogP contribution in [-0.4, -0.2) is 49.6 Å². The summed E-state index contributed by atoms with van der Waals surface area (Å²) >= 11 is 0. The summed E-state index contributed by atoms with van der Waals surface area (Å²) in [7, 11) is 0. The lowest BCUT2D eigenvalue weighted by Gasteiger charge is -2.16.